The van der Waals surface area contributed by atoms with Crippen molar-refractivity contribution in [1.29, 1.82) is 0 Å². The topological polar surface area (TPSA) is 287 Å². The predicted molar refractivity (Wildman–Crippen MR) is 235 cm³/mol. The fourth-order valence-corrected chi connectivity index (χ4v) is 9.75. The zero-order chi connectivity index (χ0) is 45.6. The Morgan fingerprint density at radius 1 is 0.984 bits per heavy atom. The third kappa shape index (κ3) is 15.1. The van der Waals surface area contributed by atoms with Gasteiger partial charge in [-0.2, -0.15) is 11.8 Å². The largest absolute Gasteiger partial charge is 0.481 e. The van der Waals surface area contributed by atoms with Gasteiger partial charge >= 0.3 is 5.97 Å². The highest BCUT2D eigenvalue weighted by atomic mass is 32.2. The zero-order valence-electron chi connectivity index (χ0n) is 36.3. The highest BCUT2D eigenvalue weighted by Crippen LogP contribution is 2.31. The minimum atomic E-state index is -1.18. The normalized spacial score (nSPS) is 23.3. The molecule has 1 saturated heterocycles. The third-order valence-electron chi connectivity index (χ3n) is 12.1. The van der Waals surface area contributed by atoms with Crippen LogP contribution in [0, 0.1) is 23.2 Å². The van der Waals surface area contributed by atoms with E-state index < -0.39 is 82.7 Å². The number of nitrogens with zero attached hydrogens (tertiary/aromatic N) is 2. The summed E-state index contributed by atoms with van der Waals surface area (Å²) in [7, 11) is 0. The lowest BCUT2D eigenvalue weighted by Crippen LogP contribution is -2.57. The minimum absolute atomic E-state index is 0.0910. The number of fused-ring (bicyclic) bond motifs is 3. The molecule has 2 heterocycles. The molecule has 342 valence electrons. The van der Waals surface area contributed by atoms with Crippen LogP contribution in [0.25, 0.3) is 0 Å². The first-order valence-electron chi connectivity index (χ1n) is 21.8. The molecule has 1 aliphatic carbocycles. The minimum Gasteiger partial charge on any atom is -0.481 e. The lowest BCUT2D eigenvalue weighted by atomic mass is 9.76. The molecule has 3 aliphatic rings. The van der Waals surface area contributed by atoms with Gasteiger partial charge in [-0.05, 0) is 67.4 Å². The zero-order valence-corrected chi connectivity index (χ0v) is 37.1. The predicted octanol–water partition coefficient (Wildman–Crippen LogP) is 2.10. The molecule has 0 radical (unpaired) electrons. The van der Waals surface area contributed by atoms with Crippen molar-refractivity contribution in [2.45, 2.75) is 141 Å². The number of Topliss-reactive ketones (excluding diaryl/α,β-unsaturated/α-hetero) is 2. The summed E-state index contributed by atoms with van der Waals surface area (Å²) < 4.78 is 0. The number of carbonyl (C=O) groups excluding carboxylic acids is 7. The molecule has 6 atom stereocenters. The molecule has 2 fully saturated rings. The first kappa shape index (κ1) is 49.7. The van der Waals surface area contributed by atoms with Crippen LogP contribution in [-0.4, -0.2) is 106 Å². The Hall–Kier alpha value is -5.00. The van der Waals surface area contributed by atoms with Crippen LogP contribution >= 0.6 is 11.8 Å². The third-order valence-corrected chi connectivity index (χ3v) is 13.3. The number of nitrogens with one attached hydrogen (secondary N) is 3. The first-order valence-corrected chi connectivity index (χ1v) is 23.0. The second-order valence-electron chi connectivity index (χ2n) is 18.0. The van der Waals surface area contributed by atoms with Crippen molar-refractivity contribution in [2.75, 3.05) is 18.8 Å². The number of nitrogens with two attached hydrogens (primary N) is 3. The summed E-state index contributed by atoms with van der Waals surface area (Å²) >= 11 is 1.40. The van der Waals surface area contributed by atoms with Crippen LogP contribution in [0.15, 0.2) is 29.3 Å². The van der Waals surface area contributed by atoms with Gasteiger partial charge in [-0.15, -0.1) is 0 Å². The number of hydrogen-bond donors (Lipinski definition) is 7. The fourth-order valence-electron chi connectivity index (χ4n) is 8.67. The van der Waals surface area contributed by atoms with Crippen LogP contribution in [0.3, 0.4) is 0 Å². The number of hydrogen-bond acceptors (Lipinski definition) is 10. The van der Waals surface area contributed by atoms with Crippen LogP contribution in [0.1, 0.15) is 115 Å². The SMILES string of the molecule is CC(C)(C)[C@H](CC(=O)[C@H](CCCN=C(N)N)NC(=O)[C@@H]1CSCc2cccc(c2)CC(=O)N[C@@H](CCC(=O)O)C(=O)N2CCC[C@H]2C(=O)N[C@@H](C2CCCCC2)C(=O)C1)C(N)=O. The molecular weight excluding hydrogens is 817 g/mol. The van der Waals surface area contributed by atoms with Crippen molar-refractivity contribution >= 4 is 64.8 Å². The van der Waals surface area contributed by atoms with Crippen LogP contribution < -0.4 is 33.2 Å². The molecule has 4 rings (SSSR count). The Bertz CT molecular complexity index is 1820. The number of ketones is 2. The van der Waals surface area contributed by atoms with Crippen molar-refractivity contribution in [3.8, 4) is 0 Å². The molecule has 1 saturated carbocycles. The van der Waals surface area contributed by atoms with Crippen molar-refractivity contribution in [3.63, 3.8) is 0 Å². The number of carboxylic acids is 1. The second-order valence-corrected chi connectivity index (χ2v) is 19.0. The van der Waals surface area contributed by atoms with Gasteiger partial charge in [0.15, 0.2) is 17.5 Å². The van der Waals surface area contributed by atoms with Crippen LogP contribution in [0.2, 0.25) is 0 Å². The van der Waals surface area contributed by atoms with Crippen molar-refractivity contribution in [2.24, 2.45) is 45.4 Å². The Morgan fingerprint density at radius 2 is 1.69 bits per heavy atom. The van der Waals surface area contributed by atoms with E-state index in [2.05, 4.69) is 20.9 Å². The molecule has 2 aliphatic heterocycles. The van der Waals surface area contributed by atoms with Gasteiger partial charge in [-0.25, -0.2) is 0 Å². The van der Waals surface area contributed by atoms with E-state index in [9.17, 15) is 43.5 Å². The van der Waals surface area contributed by atoms with E-state index in [-0.39, 0.29) is 75.0 Å². The molecule has 1 aromatic carbocycles. The summed E-state index contributed by atoms with van der Waals surface area (Å²) in [6.07, 6.45) is 4.22. The Kier molecular flexibility index (Phi) is 18.8. The molecule has 0 unspecified atom stereocenters. The summed E-state index contributed by atoms with van der Waals surface area (Å²) in [5.74, 6) is -6.13. The molecule has 2 bridgehead atoms. The Labute approximate surface area is 368 Å². The smallest absolute Gasteiger partial charge is 0.303 e. The van der Waals surface area contributed by atoms with E-state index in [1.54, 1.807) is 12.1 Å². The van der Waals surface area contributed by atoms with E-state index in [1.165, 1.54) is 16.7 Å². The molecule has 1 aromatic rings. The molecule has 0 spiro atoms. The first-order chi connectivity index (χ1) is 29.3. The van der Waals surface area contributed by atoms with Crippen molar-refractivity contribution in [3.05, 3.63) is 35.4 Å². The fraction of sp³-hybridized carbons (Fsp3) is 0.659. The van der Waals surface area contributed by atoms with Gasteiger partial charge in [0.2, 0.25) is 29.5 Å². The number of guanidine groups is 1. The Morgan fingerprint density at radius 3 is 2.35 bits per heavy atom. The van der Waals surface area contributed by atoms with E-state index in [4.69, 9.17) is 17.2 Å². The number of aliphatic imine (C=N–C) groups is 1. The molecule has 5 amide bonds. The summed E-state index contributed by atoms with van der Waals surface area (Å²) in [6, 6.07) is 3.12. The highest BCUT2D eigenvalue weighted by Gasteiger charge is 2.41. The standard InChI is InChI=1S/C44H66N8O9S/c1-44(2,3)30(39(45)58)23-34(53)31(14-8-18-48-43(46)47)50-40(59)29-22-35(54)38(28-12-5-4-6-13-28)51-41(60)33-15-9-19-52(33)42(61)32(16-17-37(56)57)49-36(55)21-26-10-7-11-27(20-26)24-62-25-29/h7,10-11,20,28-33,38H,4-6,8-9,12-19,21-25H2,1-3H3,(H2,45,58)(H,49,55)(H,50,59)(H,51,60)(H,56,57)(H4,46,47,48)/t29-,30+,31-,32-,33-,38-/m0/s1. The number of carbonyl (C=O) groups is 8. The molecule has 62 heavy (non-hydrogen) atoms. The quantitative estimate of drug-likeness (QED) is 0.0804. The Balaban J connectivity index is 1.70. The molecule has 18 heteroatoms. The van der Waals surface area contributed by atoms with Gasteiger partial charge in [0.25, 0.3) is 0 Å². The summed E-state index contributed by atoms with van der Waals surface area (Å²) in [5, 5.41) is 18.1. The number of primary amides is 1. The molecule has 10 N–H and O–H groups in total. The van der Waals surface area contributed by atoms with Crippen molar-refractivity contribution < 1.29 is 43.5 Å². The lowest BCUT2D eigenvalue weighted by Gasteiger charge is -2.34. The van der Waals surface area contributed by atoms with Gasteiger partial charge in [-0.1, -0.05) is 64.3 Å². The van der Waals surface area contributed by atoms with Gasteiger partial charge < -0.3 is 43.2 Å². The van der Waals surface area contributed by atoms with Gasteiger partial charge in [0.1, 0.15) is 12.1 Å². The van der Waals surface area contributed by atoms with E-state index in [0.717, 1.165) is 24.8 Å². The van der Waals surface area contributed by atoms with E-state index in [0.29, 0.717) is 43.4 Å². The number of benzene rings is 1. The number of carboxylic acid groups (broad SMARTS) is 1. The average Bonchev–Trinajstić information content (AvgIpc) is 3.70. The maximum absolute atomic E-state index is 14.6. The maximum atomic E-state index is 14.6. The monoisotopic (exact) mass is 882 g/mol. The summed E-state index contributed by atoms with van der Waals surface area (Å²) in [6.45, 7) is 5.82. The summed E-state index contributed by atoms with van der Waals surface area (Å²) in [4.78, 5) is 114. The van der Waals surface area contributed by atoms with Crippen LogP contribution in [-0.2, 0) is 50.5 Å². The van der Waals surface area contributed by atoms with E-state index in [1.807, 2.05) is 32.9 Å². The summed E-state index contributed by atoms with van der Waals surface area (Å²) in [5.41, 5.74) is 17.6. The van der Waals surface area contributed by atoms with Gasteiger partial charge in [-0.3, -0.25) is 43.3 Å². The van der Waals surface area contributed by atoms with Crippen LogP contribution in [0.5, 0.6) is 0 Å². The second kappa shape index (κ2) is 23.4. The molecule has 17 nitrogen and oxygen atoms in total. The number of amides is 5. The number of rotatable bonds is 14. The molecular formula is C44H66N8O9S. The van der Waals surface area contributed by atoms with E-state index >= 15 is 0 Å². The molecule has 0 aromatic heterocycles. The van der Waals surface area contributed by atoms with Crippen molar-refractivity contribution in [1.82, 2.24) is 20.9 Å². The highest BCUT2D eigenvalue weighted by molar-refractivity contribution is 7.98. The maximum Gasteiger partial charge on any atom is 0.303 e. The number of thioether (sulfide) groups is 1. The average molecular weight is 883 g/mol. The van der Waals surface area contributed by atoms with Gasteiger partial charge in [0.05, 0.1) is 24.4 Å². The van der Waals surface area contributed by atoms with Crippen LogP contribution in [0.4, 0.5) is 0 Å². The van der Waals surface area contributed by atoms with Gasteiger partial charge in [0, 0.05) is 49.8 Å². The number of aliphatic carboxylic acids is 1. The lowest BCUT2D eigenvalue weighted by molar-refractivity contribution is -0.143.